The number of hydrogen-bond acceptors (Lipinski definition) is 1. The molecule has 1 heteroatoms. The highest BCUT2D eigenvalue weighted by molar-refractivity contribution is 5.22. The zero-order chi connectivity index (χ0) is 11.8. The predicted octanol–water partition coefficient (Wildman–Crippen LogP) is 4.19. The fourth-order valence-electron chi connectivity index (χ4n) is 2.34. The molecule has 0 heterocycles. The summed E-state index contributed by atoms with van der Waals surface area (Å²) in [6.45, 7) is 6.08. The van der Waals surface area contributed by atoms with Gasteiger partial charge in [-0.25, -0.2) is 0 Å². The van der Waals surface area contributed by atoms with E-state index in [1.54, 1.807) is 0 Å². The van der Waals surface area contributed by atoms with Crippen molar-refractivity contribution < 1.29 is 0 Å². The van der Waals surface area contributed by atoms with Crippen LogP contribution < -0.4 is 5.32 Å². The van der Waals surface area contributed by atoms with Gasteiger partial charge >= 0.3 is 0 Å². The summed E-state index contributed by atoms with van der Waals surface area (Å²) >= 11 is 0. The molecule has 0 spiro atoms. The minimum Gasteiger partial charge on any atom is -0.392 e. The van der Waals surface area contributed by atoms with Crippen LogP contribution in [-0.4, -0.2) is 7.05 Å². The zero-order valence-electron chi connectivity index (χ0n) is 10.8. The van der Waals surface area contributed by atoms with Crippen LogP contribution in [0.2, 0.25) is 0 Å². The molecule has 0 aromatic heterocycles. The van der Waals surface area contributed by atoms with Gasteiger partial charge in [-0.15, -0.1) is 0 Å². The highest BCUT2D eigenvalue weighted by Gasteiger charge is 2.15. The van der Waals surface area contributed by atoms with E-state index in [1.165, 1.54) is 37.7 Å². The van der Waals surface area contributed by atoms with Crippen LogP contribution in [-0.2, 0) is 0 Å². The fourth-order valence-corrected chi connectivity index (χ4v) is 2.34. The van der Waals surface area contributed by atoms with Crippen LogP contribution in [0.1, 0.15) is 45.4 Å². The Labute approximate surface area is 100 Å². The van der Waals surface area contributed by atoms with Crippen molar-refractivity contribution in [3.8, 4) is 0 Å². The lowest BCUT2D eigenvalue weighted by molar-refractivity contribution is 0.408. The van der Waals surface area contributed by atoms with Crippen molar-refractivity contribution in [2.75, 3.05) is 7.05 Å². The number of allylic oxidation sites excluding steroid dienone is 4. The Hall–Kier alpha value is -0.980. The van der Waals surface area contributed by atoms with Crippen molar-refractivity contribution in [1.82, 2.24) is 5.32 Å². The van der Waals surface area contributed by atoms with E-state index in [0.717, 1.165) is 18.0 Å². The third kappa shape index (κ3) is 4.26. The highest BCUT2D eigenvalue weighted by Crippen LogP contribution is 2.30. The van der Waals surface area contributed by atoms with Crippen molar-refractivity contribution in [3.05, 3.63) is 36.1 Å². The van der Waals surface area contributed by atoms with E-state index in [9.17, 15) is 0 Å². The quantitative estimate of drug-likeness (QED) is 0.684. The Morgan fingerprint density at radius 3 is 2.56 bits per heavy atom. The Morgan fingerprint density at radius 2 is 2.00 bits per heavy atom. The molecule has 1 aliphatic rings. The number of rotatable bonds is 5. The van der Waals surface area contributed by atoms with E-state index in [4.69, 9.17) is 0 Å². The smallest absolute Gasteiger partial charge is 0.00694 e. The van der Waals surface area contributed by atoms with E-state index >= 15 is 0 Å². The fraction of sp³-hybridized carbons (Fsp3) is 0.600. The number of hydrogen-bond donors (Lipinski definition) is 1. The van der Waals surface area contributed by atoms with Crippen LogP contribution >= 0.6 is 0 Å². The molecule has 0 atom stereocenters. The molecule has 0 radical (unpaired) electrons. The first kappa shape index (κ1) is 13.1. The molecular weight excluding hydrogens is 194 g/mol. The summed E-state index contributed by atoms with van der Waals surface area (Å²) in [5.41, 5.74) is 2.60. The summed E-state index contributed by atoms with van der Waals surface area (Å²) in [5, 5.41) is 3.07. The normalized spacial score (nSPS) is 19.0. The molecule has 0 aromatic rings. The zero-order valence-corrected chi connectivity index (χ0v) is 10.8. The van der Waals surface area contributed by atoms with Crippen molar-refractivity contribution in [2.24, 2.45) is 5.92 Å². The van der Waals surface area contributed by atoms with E-state index in [0.29, 0.717) is 0 Å². The van der Waals surface area contributed by atoms with Crippen LogP contribution in [0.3, 0.4) is 0 Å². The van der Waals surface area contributed by atoms with E-state index < -0.39 is 0 Å². The van der Waals surface area contributed by atoms with Gasteiger partial charge in [-0.2, -0.15) is 0 Å². The summed E-state index contributed by atoms with van der Waals surface area (Å²) in [6, 6.07) is 0. The molecule has 0 amide bonds. The molecule has 1 N–H and O–H groups in total. The molecule has 0 bridgehead atoms. The molecule has 1 fully saturated rings. The Balaban J connectivity index is 2.45. The average Bonchev–Trinajstić information content (AvgIpc) is 2.35. The predicted molar refractivity (Wildman–Crippen MR) is 72.3 cm³/mol. The maximum atomic E-state index is 3.93. The first-order chi connectivity index (χ1) is 7.77. The van der Waals surface area contributed by atoms with Gasteiger partial charge in [0, 0.05) is 19.2 Å². The van der Waals surface area contributed by atoms with Gasteiger partial charge in [0.05, 0.1) is 0 Å². The largest absolute Gasteiger partial charge is 0.392 e. The topological polar surface area (TPSA) is 12.0 Å². The maximum absolute atomic E-state index is 3.93. The van der Waals surface area contributed by atoms with Crippen LogP contribution in [0.5, 0.6) is 0 Å². The second kappa shape index (κ2) is 7.32. The first-order valence-electron chi connectivity index (χ1n) is 6.46. The van der Waals surface area contributed by atoms with Gasteiger partial charge in [-0.05, 0) is 31.3 Å². The molecule has 16 heavy (non-hydrogen) atoms. The minimum atomic E-state index is 0.804. The average molecular weight is 219 g/mol. The molecular formula is C15H25N. The molecule has 1 aliphatic carbocycles. The molecule has 1 rings (SSSR count). The van der Waals surface area contributed by atoms with Gasteiger partial charge in [0.25, 0.3) is 0 Å². The van der Waals surface area contributed by atoms with Gasteiger partial charge in [0.15, 0.2) is 0 Å². The van der Waals surface area contributed by atoms with E-state index in [2.05, 4.69) is 37.0 Å². The lowest BCUT2D eigenvalue weighted by Crippen LogP contribution is -2.08. The lowest BCUT2D eigenvalue weighted by atomic mass is 9.83. The lowest BCUT2D eigenvalue weighted by Gasteiger charge is -2.22. The van der Waals surface area contributed by atoms with Crippen LogP contribution in [0.25, 0.3) is 0 Å². The van der Waals surface area contributed by atoms with Gasteiger partial charge in [0.1, 0.15) is 0 Å². The summed E-state index contributed by atoms with van der Waals surface area (Å²) in [5.74, 6) is 0.804. The molecule has 0 aromatic carbocycles. The van der Waals surface area contributed by atoms with Crippen LogP contribution in [0.15, 0.2) is 36.1 Å². The van der Waals surface area contributed by atoms with E-state index in [-0.39, 0.29) is 0 Å². The van der Waals surface area contributed by atoms with Crippen molar-refractivity contribution in [1.29, 1.82) is 0 Å². The van der Waals surface area contributed by atoms with Crippen LogP contribution in [0, 0.1) is 5.92 Å². The summed E-state index contributed by atoms with van der Waals surface area (Å²) < 4.78 is 0. The Bertz CT molecular complexity index is 267. The molecule has 1 nitrogen and oxygen atoms in total. The SMILES string of the molecule is C=C(C/C=C\C(=C/C)C1CCCCC1)NC. The Morgan fingerprint density at radius 1 is 1.31 bits per heavy atom. The maximum Gasteiger partial charge on any atom is 0.00694 e. The standard InChI is InChI=1S/C15H25N/c1-4-14(12-8-9-13(2)16-3)15-10-6-5-7-11-15/h4,8,12,15-16H,2,5-7,9-11H2,1,3H3/b12-8-,14-4+. The molecule has 0 saturated heterocycles. The monoisotopic (exact) mass is 219 g/mol. The second-order valence-electron chi connectivity index (χ2n) is 4.58. The third-order valence-corrected chi connectivity index (χ3v) is 3.44. The molecule has 0 aliphatic heterocycles. The summed E-state index contributed by atoms with van der Waals surface area (Å²) in [7, 11) is 1.92. The van der Waals surface area contributed by atoms with Crippen molar-refractivity contribution >= 4 is 0 Å². The summed E-state index contributed by atoms with van der Waals surface area (Å²) in [6.07, 6.45) is 14.7. The molecule has 0 unspecified atom stereocenters. The van der Waals surface area contributed by atoms with Crippen molar-refractivity contribution in [3.63, 3.8) is 0 Å². The first-order valence-corrected chi connectivity index (χ1v) is 6.46. The van der Waals surface area contributed by atoms with Crippen LogP contribution in [0.4, 0.5) is 0 Å². The molecule has 1 saturated carbocycles. The van der Waals surface area contributed by atoms with E-state index in [1.807, 2.05) is 7.05 Å². The Kier molecular flexibility index (Phi) is 5.99. The van der Waals surface area contributed by atoms with Gasteiger partial charge in [-0.3, -0.25) is 0 Å². The summed E-state index contributed by atoms with van der Waals surface area (Å²) in [4.78, 5) is 0. The van der Waals surface area contributed by atoms with Gasteiger partial charge < -0.3 is 5.32 Å². The minimum absolute atomic E-state index is 0.804. The molecule has 90 valence electrons. The highest BCUT2D eigenvalue weighted by atomic mass is 14.8. The van der Waals surface area contributed by atoms with Crippen molar-refractivity contribution in [2.45, 2.75) is 45.4 Å². The third-order valence-electron chi connectivity index (χ3n) is 3.44. The number of nitrogens with one attached hydrogen (secondary N) is 1. The second-order valence-corrected chi connectivity index (χ2v) is 4.58. The van der Waals surface area contributed by atoms with Gasteiger partial charge in [-0.1, -0.05) is 44.1 Å². The van der Waals surface area contributed by atoms with Gasteiger partial charge in [0.2, 0.25) is 0 Å².